The number of carbonyl (C=O) groups is 1. The van der Waals surface area contributed by atoms with Gasteiger partial charge in [-0.15, -0.1) is 14.8 Å². The number of nitrogens with zero attached hydrogens (tertiary/aromatic N) is 7. The third-order valence-corrected chi connectivity index (χ3v) is 7.64. The Morgan fingerprint density at radius 2 is 1.90 bits per heavy atom. The van der Waals surface area contributed by atoms with Crippen LogP contribution in [0.3, 0.4) is 0 Å². The fourth-order valence-electron chi connectivity index (χ4n) is 5.74. The minimum Gasteiger partial charge on any atom is -0.355 e. The Kier molecular flexibility index (Phi) is 4.38. The van der Waals surface area contributed by atoms with Crippen molar-refractivity contribution in [2.24, 2.45) is 5.92 Å². The fraction of sp³-hybridized carbons (Fsp3) is 0.500. The van der Waals surface area contributed by atoms with Gasteiger partial charge in [-0.3, -0.25) is 4.79 Å². The monoisotopic (exact) mass is 437 g/mol. The average molecular weight is 438 g/mol. The van der Waals surface area contributed by atoms with Crippen LogP contribution in [0.4, 0.5) is 11.5 Å². The van der Waals surface area contributed by atoms with Crippen LogP contribution < -0.4 is 9.80 Å². The molecule has 1 aliphatic carbocycles. The summed E-state index contributed by atoms with van der Waals surface area (Å²) in [5, 5.41) is 16.6. The van der Waals surface area contributed by atoms with E-state index in [1.807, 2.05) is 29.2 Å². The maximum Gasteiger partial charge on any atom is 0.230 e. The summed E-state index contributed by atoms with van der Waals surface area (Å²) in [6.07, 6.45) is 6.35. The van der Waals surface area contributed by atoms with Crippen LogP contribution in [0.25, 0.3) is 5.65 Å². The van der Waals surface area contributed by atoms with E-state index in [2.05, 4.69) is 31.6 Å². The maximum absolute atomic E-state index is 13.6. The molecular formula is C22H24ClN7O. The topological polar surface area (TPSA) is 79.5 Å². The van der Waals surface area contributed by atoms with Gasteiger partial charge in [0.15, 0.2) is 11.5 Å². The van der Waals surface area contributed by atoms with Crippen LogP contribution >= 0.6 is 11.6 Å². The van der Waals surface area contributed by atoms with Gasteiger partial charge in [0.25, 0.3) is 0 Å². The summed E-state index contributed by atoms with van der Waals surface area (Å²) in [5.74, 6) is 1.07. The van der Waals surface area contributed by atoms with Gasteiger partial charge in [-0.1, -0.05) is 36.6 Å². The molecule has 9 heteroatoms. The van der Waals surface area contributed by atoms with Crippen LogP contribution in [0, 0.1) is 5.92 Å². The number of para-hydroxylation sites is 1. The third-order valence-electron chi connectivity index (χ3n) is 7.34. The maximum atomic E-state index is 13.6. The molecule has 8 nitrogen and oxygen atoms in total. The molecule has 0 unspecified atom stereocenters. The lowest BCUT2D eigenvalue weighted by molar-refractivity contribution is -0.123. The zero-order valence-electron chi connectivity index (χ0n) is 17.2. The Labute approximate surface area is 185 Å². The molecule has 31 heavy (non-hydrogen) atoms. The molecule has 160 valence electrons. The molecule has 0 atom stereocenters. The summed E-state index contributed by atoms with van der Waals surface area (Å²) in [6, 6.07) is 9.93. The van der Waals surface area contributed by atoms with E-state index in [4.69, 9.17) is 11.6 Å². The lowest BCUT2D eigenvalue weighted by Crippen LogP contribution is -2.44. The zero-order valence-corrected chi connectivity index (χ0v) is 18.0. The van der Waals surface area contributed by atoms with E-state index < -0.39 is 0 Å². The van der Waals surface area contributed by atoms with E-state index >= 15 is 0 Å². The van der Waals surface area contributed by atoms with Gasteiger partial charge in [0.1, 0.15) is 0 Å². The van der Waals surface area contributed by atoms with Crippen molar-refractivity contribution in [3.05, 3.63) is 40.9 Å². The Balaban J connectivity index is 1.21. The quantitative estimate of drug-likeness (QED) is 0.612. The molecule has 0 bridgehead atoms. The molecule has 3 aliphatic rings. The second kappa shape index (κ2) is 7.15. The van der Waals surface area contributed by atoms with Gasteiger partial charge in [-0.05, 0) is 59.9 Å². The molecule has 2 fully saturated rings. The Morgan fingerprint density at radius 3 is 2.71 bits per heavy atom. The normalized spacial score (nSPS) is 20.7. The number of piperidine rings is 1. The highest BCUT2D eigenvalue weighted by Crippen LogP contribution is 2.53. The summed E-state index contributed by atoms with van der Waals surface area (Å²) in [5.41, 5.74) is 2.97. The van der Waals surface area contributed by atoms with Crippen LogP contribution in [0.1, 0.15) is 44.1 Å². The van der Waals surface area contributed by atoms with Crippen molar-refractivity contribution in [2.75, 3.05) is 29.4 Å². The van der Waals surface area contributed by atoms with Gasteiger partial charge in [0, 0.05) is 31.0 Å². The number of hydrogen-bond acceptors (Lipinski definition) is 6. The van der Waals surface area contributed by atoms with E-state index in [1.165, 1.54) is 23.0 Å². The first-order chi connectivity index (χ1) is 15.1. The summed E-state index contributed by atoms with van der Waals surface area (Å²) in [4.78, 5) is 17.9. The highest BCUT2D eigenvalue weighted by atomic mass is 35.5. The van der Waals surface area contributed by atoms with Crippen LogP contribution in [0.15, 0.2) is 30.3 Å². The largest absolute Gasteiger partial charge is 0.355 e. The number of rotatable bonds is 2. The highest BCUT2D eigenvalue weighted by Gasteiger charge is 2.48. The molecule has 0 N–H and O–H groups in total. The van der Waals surface area contributed by atoms with E-state index in [0.29, 0.717) is 10.7 Å². The zero-order chi connectivity index (χ0) is 21.0. The Morgan fingerprint density at radius 1 is 1.10 bits per heavy atom. The smallest absolute Gasteiger partial charge is 0.230 e. The number of fused-ring (bicyclic) bond motifs is 3. The summed E-state index contributed by atoms with van der Waals surface area (Å²) in [6.45, 7) is 2.35. The van der Waals surface area contributed by atoms with E-state index in [9.17, 15) is 4.79 Å². The van der Waals surface area contributed by atoms with Gasteiger partial charge in [0.2, 0.25) is 5.91 Å². The van der Waals surface area contributed by atoms with Crippen molar-refractivity contribution >= 4 is 34.7 Å². The first kappa shape index (κ1) is 19.0. The second-order valence-corrected chi connectivity index (χ2v) is 9.43. The van der Waals surface area contributed by atoms with Gasteiger partial charge >= 0.3 is 0 Å². The first-order valence-corrected chi connectivity index (χ1v) is 11.4. The Hall–Kier alpha value is -2.74. The van der Waals surface area contributed by atoms with Crippen LogP contribution in [-0.4, -0.2) is 50.8 Å². The molecule has 6 rings (SSSR count). The van der Waals surface area contributed by atoms with Crippen LogP contribution in [0.2, 0.25) is 5.02 Å². The second-order valence-electron chi connectivity index (χ2n) is 9.03. The van der Waals surface area contributed by atoms with Gasteiger partial charge < -0.3 is 9.80 Å². The number of aromatic nitrogens is 5. The lowest BCUT2D eigenvalue weighted by Gasteiger charge is -2.34. The van der Waals surface area contributed by atoms with Crippen molar-refractivity contribution in [3.63, 3.8) is 0 Å². The predicted molar refractivity (Wildman–Crippen MR) is 117 cm³/mol. The standard InChI is InChI=1S/C22H24ClN7O/c23-17-5-3-4-16-20(17)29(14-22(16)10-1-2-11-22)21(31)15-8-12-28(13-9-15)19-7-6-18-24-26-27-30(18)25-19/h3-7,15H,1-2,8-14H2. The van der Waals surface area contributed by atoms with Crippen molar-refractivity contribution in [1.29, 1.82) is 0 Å². The minimum atomic E-state index is 0.00805. The summed E-state index contributed by atoms with van der Waals surface area (Å²) >= 11 is 6.62. The molecule has 2 aromatic heterocycles. The van der Waals surface area contributed by atoms with E-state index in [-0.39, 0.29) is 17.2 Å². The SMILES string of the molecule is O=C(C1CCN(c2ccc3nnnn3n2)CC1)N1CC2(CCCC2)c2cccc(Cl)c21. The summed E-state index contributed by atoms with van der Waals surface area (Å²) < 4.78 is 1.44. The number of anilines is 2. The Bertz CT molecular complexity index is 1150. The molecular weight excluding hydrogens is 414 g/mol. The number of halogens is 1. The van der Waals surface area contributed by atoms with E-state index in [1.54, 1.807) is 0 Å². The number of tetrazole rings is 1. The fourth-order valence-corrected chi connectivity index (χ4v) is 6.01. The van der Waals surface area contributed by atoms with Gasteiger partial charge in [-0.25, -0.2) is 0 Å². The minimum absolute atomic E-state index is 0.00805. The third kappa shape index (κ3) is 2.99. The average Bonchev–Trinajstić information content (AvgIpc) is 3.53. The van der Waals surface area contributed by atoms with Gasteiger partial charge in [-0.2, -0.15) is 0 Å². The molecule has 1 amide bonds. The van der Waals surface area contributed by atoms with Crippen molar-refractivity contribution < 1.29 is 4.79 Å². The number of benzene rings is 1. The number of carbonyl (C=O) groups excluding carboxylic acids is 1. The molecule has 2 aliphatic heterocycles. The first-order valence-electron chi connectivity index (χ1n) is 11.1. The van der Waals surface area contributed by atoms with E-state index in [0.717, 1.165) is 56.8 Å². The number of hydrogen-bond donors (Lipinski definition) is 0. The van der Waals surface area contributed by atoms with Crippen LogP contribution in [0.5, 0.6) is 0 Å². The molecule has 4 heterocycles. The number of amides is 1. The van der Waals surface area contributed by atoms with Gasteiger partial charge in [0.05, 0.1) is 10.7 Å². The predicted octanol–water partition coefficient (Wildman–Crippen LogP) is 3.25. The summed E-state index contributed by atoms with van der Waals surface area (Å²) in [7, 11) is 0. The van der Waals surface area contributed by atoms with Crippen LogP contribution in [-0.2, 0) is 10.2 Å². The van der Waals surface area contributed by atoms with Crippen molar-refractivity contribution in [3.8, 4) is 0 Å². The lowest BCUT2D eigenvalue weighted by atomic mass is 9.81. The van der Waals surface area contributed by atoms with Crippen molar-refractivity contribution in [1.82, 2.24) is 25.3 Å². The molecule has 1 aromatic carbocycles. The molecule has 3 aromatic rings. The van der Waals surface area contributed by atoms with Crippen molar-refractivity contribution in [2.45, 2.75) is 43.9 Å². The molecule has 1 spiro atoms. The molecule has 0 radical (unpaired) electrons. The molecule has 1 saturated heterocycles. The highest BCUT2D eigenvalue weighted by molar-refractivity contribution is 6.34. The molecule has 1 saturated carbocycles.